The summed E-state index contributed by atoms with van der Waals surface area (Å²) in [6.07, 6.45) is 0.569. The molecule has 1 amide bonds. The lowest BCUT2D eigenvalue weighted by molar-refractivity contribution is 0.112. The lowest BCUT2D eigenvalue weighted by Gasteiger charge is -2.15. The van der Waals surface area contributed by atoms with Crippen LogP contribution in [0.3, 0.4) is 0 Å². The number of benzene rings is 2. The highest BCUT2D eigenvalue weighted by Crippen LogP contribution is 2.35. The second-order valence-electron chi connectivity index (χ2n) is 4.70. The van der Waals surface area contributed by atoms with Gasteiger partial charge >= 0.3 is 6.09 Å². The zero-order valence-corrected chi connectivity index (χ0v) is 13.2. The number of amides is 1. The molecule has 5 nitrogen and oxygen atoms in total. The van der Waals surface area contributed by atoms with Crippen molar-refractivity contribution in [3.05, 3.63) is 53.6 Å². The number of carbonyl (C=O) groups excluding carboxylic acids is 3. The Balaban J connectivity index is 2.42. The second kappa shape index (κ2) is 7.60. The molecule has 2 aromatic rings. The molecule has 0 aliphatic heterocycles. The van der Waals surface area contributed by atoms with Gasteiger partial charge in [0.15, 0.2) is 11.7 Å². The Morgan fingerprint density at radius 1 is 1.13 bits per heavy atom. The van der Waals surface area contributed by atoms with E-state index in [2.05, 4.69) is 0 Å². The molecule has 0 aromatic heterocycles. The van der Waals surface area contributed by atoms with Crippen LogP contribution in [0.4, 0.5) is 4.79 Å². The molecule has 0 saturated carbocycles. The third kappa shape index (κ3) is 4.20. The number of nitrogens with two attached hydrogens (primary N) is 1. The predicted molar refractivity (Wildman–Crippen MR) is 88.6 cm³/mol. The van der Waals surface area contributed by atoms with Crippen molar-refractivity contribution in [1.82, 2.24) is 0 Å². The molecule has 0 aliphatic carbocycles. The molecule has 23 heavy (non-hydrogen) atoms. The van der Waals surface area contributed by atoms with Crippen LogP contribution in [0, 0.1) is 0 Å². The van der Waals surface area contributed by atoms with E-state index in [1.807, 2.05) is 24.3 Å². The fraction of sp³-hybridized carbons (Fsp3) is 0.118. The summed E-state index contributed by atoms with van der Waals surface area (Å²) in [5.41, 5.74) is 6.93. The maximum atomic E-state index is 11.3. The number of carbonyl (C=O) groups is 3. The van der Waals surface area contributed by atoms with Crippen LogP contribution >= 0.6 is 11.8 Å². The number of ether oxygens (including phenoxy) is 1. The number of thioether (sulfide) groups is 1. The molecule has 118 valence electrons. The van der Waals surface area contributed by atoms with Crippen LogP contribution in [-0.4, -0.2) is 24.1 Å². The van der Waals surface area contributed by atoms with Crippen molar-refractivity contribution in [2.24, 2.45) is 5.73 Å². The van der Waals surface area contributed by atoms with Crippen molar-refractivity contribution in [1.29, 1.82) is 0 Å². The van der Waals surface area contributed by atoms with Crippen molar-refractivity contribution < 1.29 is 19.1 Å². The zero-order valence-electron chi connectivity index (χ0n) is 12.4. The van der Waals surface area contributed by atoms with Crippen LogP contribution < -0.4 is 5.73 Å². The Morgan fingerprint density at radius 2 is 1.87 bits per heavy atom. The summed E-state index contributed by atoms with van der Waals surface area (Å²) in [5.74, 6) is 0. The predicted octanol–water partition coefficient (Wildman–Crippen LogP) is 3.51. The van der Waals surface area contributed by atoms with Crippen LogP contribution in [0.5, 0.6) is 0 Å². The van der Waals surface area contributed by atoms with Gasteiger partial charge in [-0.2, -0.15) is 0 Å². The standard InChI is InChI=1S/C17H15NO4S/c1-11(22-17(18)21)23-16-5-3-2-4-15(16)14-7-6-12(9-19)8-13(14)10-20/h2-11H,1H3,(H2,18,21). The molecule has 0 aliphatic rings. The van der Waals surface area contributed by atoms with Gasteiger partial charge in [0.25, 0.3) is 0 Å². The van der Waals surface area contributed by atoms with Crippen molar-refractivity contribution in [2.45, 2.75) is 17.3 Å². The Bertz CT molecular complexity index is 745. The first-order chi connectivity index (χ1) is 11.0. The Hall–Kier alpha value is -2.60. The minimum absolute atomic E-state index is 0.422. The van der Waals surface area contributed by atoms with Gasteiger partial charge in [-0.3, -0.25) is 9.59 Å². The van der Waals surface area contributed by atoms with Crippen LogP contribution in [0.15, 0.2) is 47.4 Å². The highest BCUT2D eigenvalue weighted by Gasteiger charge is 2.14. The third-order valence-electron chi connectivity index (χ3n) is 3.09. The van der Waals surface area contributed by atoms with Crippen molar-refractivity contribution in [3.63, 3.8) is 0 Å². The van der Waals surface area contributed by atoms with Gasteiger partial charge in [0.2, 0.25) is 0 Å². The normalized spacial score (nSPS) is 11.5. The van der Waals surface area contributed by atoms with E-state index in [1.54, 1.807) is 25.1 Å². The average Bonchev–Trinajstić information content (AvgIpc) is 2.54. The molecular weight excluding hydrogens is 314 g/mol. The first kappa shape index (κ1) is 16.8. The van der Waals surface area contributed by atoms with Gasteiger partial charge in [-0.15, -0.1) is 0 Å². The number of rotatable bonds is 6. The van der Waals surface area contributed by atoms with E-state index in [0.717, 1.165) is 10.5 Å². The van der Waals surface area contributed by atoms with E-state index in [0.29, 0.717) is 29.3 Å². The van der Waals surface area contributed by atoms with Crippen LogP contribution in [-0.2, 0) is 4.74 Å². The van der Waals surface area contributed by atoms with Gasteiger partial charge in [-0.1, -0.05) is 42.1 Å². The maximum absolute atomic E-state index is 11.3. The van der Waals surface area contributed by atoms with Crippen LogP contribution in [0.1, 0.15) is 27.6 Å². The quantitative estimate of drug-likeness (QED) is 0.498. The molecular formula is C17H15NO4S. The van der Waals surface area contributed by atoms with Crippen molar-refractivity contribution in [2.75, 3.05) is 0 Å². The SMILES string of the molecule is CC(OC(N)=O)Sc1ccccc1-c1ccc(C=O)cc1C=O. The fourth-order valence-electron chi connectivity index (χ4n) is 2.16. The molecule has 2 N–H and O–H groups in total. The molecule has 0 bridgehead atoms. The summed E-state index contributed by atoms with van der Waals surface area (Å²) in [6, 6.07) is 12.3. The molecule has 0 spiro atoms. The monoisotopic (exact) mass is 329 g/mol. The van der Waals surface area contributed by atoms with E-state index < -0.39 is 11.5 Å². The van der Waals surface area contributed by atoms with Crippen molar-refractivity contribution in [3.8, 4) is 11.1 Å². The molecule has 6 heteroatoms. The van der Waals surface area contributed by atoms with Crippen LogP contribution in [0.2, 0.25) is 0 Å². The first-order valence-electron chi connectivity index (χ1n) is 6.81. The molecule has 0 fully saturated rings. The molecule has 1 atom stereocenters. The van der Waals surface area contributed by atoms with Crippen molar-refractivity contribution >= 4 is 30.4 Å². The van der Waals surface area contributed by atoms with Gasteiger partial charge in [0, 0.05) is 16.0 Å². The number of aldehydes is 2. The van der Waals surface area contributed by atoms with Gasteiger partial charge in [-0.25, -0.2) is 4.79 Å². The summed E-state index contributed by atoms with van der Waals surface area (Å²) < 4.78 is 4.92. The molecule has 0 heterocycles. The summed E-state index contributed by atoms with van der Waals surface area (Å²) >= 11 is 1.31. The van der Waals surface area contributed by atoms with E-state index in [4.69, 9.17) is 10.5 Å². The van der Waals surface area contributed by atoms with E-state index in [1.165, 1.54) is 11.8 Å². The zero-order chi connectivity index (χ0) is 16.8. The first-order valence-corrected chi connectivity index (χ1v) is 7.69. The lowest BCUT2D eigenvalue weighted by Crippen LogP contribution is -2.17. The largest absolute Gasteiger partial charge is 0.435 e. The second-order valence-corrected chi connectivity index (χ2v) is 6.04. The molecule has 0 saturated heterocycles. The molecule has 2 rings (SSSR count). The van der Waals surface area contributed by atoms with E-state index in [9.17, 15) is 14.4 Å². The topological polar surface area (TPSA) is 86.5 Å². The average molecular weight is 329 g/mol. The number of hydrogen-bond acceptors (Lipinski definition) is 5. The molecule has 1 unspecified atom stereocenters. The fourth-order valence-corrected chi connectivity index (χ4v) is 3.12. The summed E-state index contributed by atoms with van der Waals surface area (Å²) in [5, 5.41) is 0. The number of primary amides is 1. The highest BCUT2D eigenvalue weighted by atomic mass is 32.2. The third-order valence-corrected chi connectivity index (χ3v) is 4.13. The molecule has 2 aromatic carbocycles. The Morgan fingerprint density at radius 3 is 2.52 bits per heavy atom. The highest BCUT2D eigenvalue weighted by molar-refractivity contribution is 7.99. The lowest BCUT2D eigenvalue weighted by atomic mass is 9.98. The molecule has 0 radical (unpaired) electrons. The minimum Gasteiger partial charge on any atom is -0.435 e. The maximum Gasteiger partial charge on any atom is 0.405 e. The van der Waals surface area contributed by atoms with Crippen LogP contribution in [0.25, 0.3) is 11.1 Å². The summed E-state index contributed by atoms with van der Waals surface area (Å²) in [7, 11) is 0. The Kier molecular flexibility index (Phi) is 5.54. The van der Waals surface area contributed by atoms with E-state index >= 15 is 0 Å². The van der Waals surface area contributed by atoms with E-state index in [-0.39, 0.29) is 0 Å². The number of hydrogen-bond donors (Lipinski definition) is 1. The smallest absolute Gasteiger partial charge is 0.405 e. The summed E-state index contributed by atoms with van der Waals surface area (Å²) in [6.45, 7) is 1.71. The van der Waals surface area contributed by atoms with Gasteiger partial charge in [0.1, 0.15) is 6.29 Å². The van der Waals surface area contributed by atoms with Gasteiger partial charge < -0.3 is 10.5 Å². The van der Waals surface area contributed by atoms with Gasteiger partial charge in [0.05, 0.1) is 0 Å². The Labute approximate surface area is 137 Å². The minimum atomic E-state index is -0.841. The summed E-state index contributed by atoms with van der Waals surface area (Å²) in [4.78, 5) is 33.9. The van der Waals surface area contributed by atoms with Gasteiger partial charge in [-0.05, 0) is 30.2 Å².